The van der Waals surface area contributed by atoms with Gasteiger partial charge in [-0.2, -0.15) is 0 Å². The van der Waals surface area contributed by atoms with Crippen LogP contribution in [0.3, 0.4) is 0 Å². The van der Waals surface area contributed by atoms with E-state index in [-0.39, 0.29) is 12.1 Å². The van der Waals surface area contributed by atoms with Gasteiger partial charge in [-0.05, 0) is 34.7 Å². The third-order valence-electron chi connectivity index (χ3n) is 2.06. The van der Waals surface area contributed by atoms with Gasteiger partial charge >= 0.3 is 0 Å². The number of fused-ring (bicyclic) bond motifs is 1. The topological polar surface area (TPSA) is 52.0 Å². The quantitative estimate of drug-likeness (QED) is 0.618. The Kier molecular flexibility index (Phi) is 2.81. The number of halogens is 1. The predicted molar refractivity (Wildman–Crippen MR) is 64.8 cm³/mol. The lowest BCUT2D eigenvalue weighted by Gasteiger charge is -2.05. The van der Waals surface area contributed by atoms with Gasteiger partial charge in [0, 0.05) is 15.8 Å². The number of hydrogen-bond acceptors (Lipinski definition) is 3. The summed E-state index contributed by atoms with van der Waals surface area (Å²) in [5.74, 6) is 0. The molecule has 0 aliphatic heterocycles. The summed E-state index contributed by atoms with van der Waals surface area (Å²) in [6.07, 6.45) is 2.43. The second kappa shape index (κ2) is 4.09. The average Bonchev–Trinajstić information content (AvgIpc) is 2.23. The highest BCUT2D eigenvalue weighted by Crippen LogP contribution is 2.12. The lowest BCUT2D eigenvalue weighted by Crippen LogP contribution is -2.20. The highest BCUT2D eigenvalue weighted by molar-refractivity contribution is 14.1. The number of carbonyl (C=O) groups is 1. The van der Waals surface area contributed by atoms with Gasteiger partial charge < -0.3 is 4.79 Å². The largest absolute Gasteiger partial charge is 0.301 e. The summed E-state index contributed by atoms with van der Waals surface area (Å²) >= 11 is 2.12. The first-order valence-electron chi connectivity index (χ1n) is 4.31. The molecule has 0 aliphatic rings. The van der Waals surface area contributed by atoms with E-state index in [1.807, 2.05) is 6.07 Å². The molecule has 0 radical (unpaired) electrons. The average molecular weight is 314 g/mol. The van der Waals surface area contributed by atoms with Crippen LogP contribution in [-0.2, 0) is 11.3 Å². The summed E-state index contributed by atoms with van der Waals surface area (Å²) < 4.78 is 2.35. The lowest BCUT2D eigenvalue weighted by atomic mass is 10.3. The summed E-state index contributed by atoms with van der Waals surface area (Å²) in [6, 6.07) is 4.93. The Morgan fingerprint density at radius 2 is 2.27 bits per heavy atom. The first-order valence-corrected chi connectivity index (χ1v) is 5.39. The molecule has 0 amide bonds. The van der Waals surface area contributed by atoms with Crippen LogP contribution in [0.1, 0.15) is 0 Å². The minimum Gasteiger partial charge on any atom is -0.301 e. The second-order valence-corrected chi connectivity index (χ2v) is 4.25. The summed E-state index contributed by atoms with van der Waals surface area (Å²) in [4.78, 5) is 26.2. The Morgan fingerprint density at radius 1 is 1.47 bits per heavy atom. The molecule has 2 aromatic heterocycles. The molecule has 0 saturated carbocycles. The van der Waals surface area contributed by atoms with Crippen LogP contribution in [0.5, 0.6) is 0 Å². The van der Waals surface area contributed by atoms with Crippen LogP contribution in [0.15, 0.2) is 29.2 Å². The molecule has 2 heterocycles. The highest BCUT2D eigenvalue weighted by atomic mass is 127. The SMILES string of the molecule is O=CCn1c(=O)ccc2ncc(I)cc21. The van der Waals surface area contributed by atoms with Gasteiger partial charge in [0.1, 0.15) is 6.29 Å². The Hall–Kier alpha value is -1.24. The van der Waals surface area contributed by atoms with Crippen molar-refractivity contribution in [1.82, 2.24) is 9.55 Å². The van der Waals surface area contributed by atoms with Crippen LogP contribution in [0.2, 0.25) is 0 Å². The van der Waals surface area contributed by atoms with Gasteiger partial charge in [0.2, 0.25) is 0 Å². The predicted octanol–water partition coefficient (Wildman–Crippen LogP) is 1.20. The molecule has 0 unspecified atom stereocenters. The number of pyridine rings is 2. The number of nitrogens with zero attached hydrogens (tertiary/aromatic N) is 2. The molecule has 0 spiro atoms. The molecule has 15 heavy (non-hydrogen) atoms. The van der Waals surface area contributed by atoms with Gasteiger partial charge in [-0.25, -0.2) is 0 Å². The van der Waals surface area contributed by atoms with E-state index in [1.54, 1.807) is 12.3 Å². The maximum Gasteiger partial charge on any atom is 0.251 e. The number of rotatable bonds is 2. The van der Waals surface area contributed by atoms with Crippen LogP contribution in [0, 0.1) is 3.57 Å². The van der Waals surface area contributed by atoms with Crippen molar-refractivity contribution in [2.75, 3.05) is 0 Å². The van der Waals surface area contributed by atoms with Crippen molar-refractivity contribution < 1.29 is 4.79 Å². The van der Waals surface area contributed by atoms with Gasteiger partial charge in [-0.3, -0.25) is 14.3 Å². The van der Waals surface area contributed by atoms with E-state index in [4.69, 9.17) is 0 Å². The Bertz CT molecular complexity index is 577. The van der Waals surface area contributed by atoms with Crippen LogP contribution in [0.4, 0.5) is 0 Å². The molecule has 0 fully saturated rings. The molecule has 0 bridgehead atoms. The van der Waals surface area contributed by atoms with Gasteiger partial charge in [0.15, 0.2) is 0 Å². The van der Waals surface area contributed by atoms with E-state index in [1.165, 1.54) is 10.6 Å². The van der Waals surface area contributed by atoms with Gasteiger partial charge in [-0.15, -0.1) is 0 Å². The standard InChI is InChI=1S/C10H7IN2O2/c11-7-5-9-8(12-6-7)1-2-10(15)13(9)3-4-14/h1-2,4-6H,3H2. The molecule has 5 heteroatoms. The molecule has 0 aromatic carbocycles. The fraction of sp³-hybridized carbons (Fsp3) is 0.100. The molecule has 0 aliphatic carbocycles. The second-order valence-electron chi connectivity index (χ2n) is 3.01. The van der Waals surface area contributed by atoms with Crippen LogP contribution < -0.4 is 5.56 Å². The maximum absolute atomic E-state index is 11.5. The third kappa shape index (κ3) is 1.92. The smallest absolute Gasteiger partial charge is 0.251 e. The fourth-order valence-electron chi connectivity index (χ4n) is 1.41. The van der Waals surface area contributed by atoms with E-state index in [0.29, 0.717) is 11.8 Å². The zero-order valence-corrected chi connectivity index (χ0v) is 9.84. The van der Waals surface area contributed by atoms with E-state index >= 15 is 0 Å². The van der Waals surface area contributed by atoms with E-state index in [2.05, 4.69) is 27.6 Å². The van der Waals surface area contributed by atoms with Gasteiger partial charge in [-0.1, -0.05) is 0 Å². The van der Waals surface area contributed by atoms with E-state index in [9.17, 15) is 9.59 Å². The number of aldehydes is 1. The molecule has 76 valence electrons. The zero-order valence-electron chi connectivity index (χ0n) is 7.68. The maximum atomic E-state index is 11.5. The molecule has 0 atom stereocenters. The number of carbonyl (C=O) groups excluding carboxylic acids is 1. The molecular weight excluding hydrogens is 307 g/mol. The third-order valence-corrected chi connectivity index (χ3v) is 2.65. The summed E-state index contributed by atoms with van der Waals surface area (Å²) in [7, 11) is 0. The number of aromatic nitrogens is 2. The number of hydrogen-bond donors (Lipinski definition) is 0. The van der Waals surface area contributed by atoms with Crippen molar-refractivity contribution in [1.29, 1.82) is 0 Å². The molecule has 0 saturated heterocycles. The fourth-order valence-corrected chi connectivity index (χ4v) is 1.84. The molecule has 4 nitrogen and oxygen atoms in total. The van der Waals surface area contributed by atoms with Crippen LogP contribution in [-0.4, -0.2) is 15.8 Å². The zero-order chi connectivity index (χ0) is 10.8. The summed E-state index contributed by atoms with van der Waals surface area (Å²) in [5, 5.41) is 0. The Morgan fingerprint density at radius 3 is 3.00 bits per heavy atom. The van der Waals surface area contributed by atoms with Crippen molar-refractivity contribution in [3.63, 3.8) is 0 Å². The molecule has 0 N–H and O–H groups in total. The summed E-state index contributed by atoms with van der Waals surface area (Å²) in [6.45, 7) is 0.0674. The van der Waals surface area contributed by atoms with Crippen LogP contribution >= 0.6 is 22.6 Å². The Balaban J connectivity index is 2.84. The van der Waals surface area contributed by atoms with Crippen molar-refractivity contribution in [3.8, 4) is 0 Å². The van der Waals surface area contributed by atoms with Crippen molar-refractivity contribution in [3.05, 3.63) is 38.3 Å². The first kappa shape index (κ1) is 10.3. The Labute approximate surface area is 99.1 Å². The van der Waals surface area contributed by atoms with E-state index in [0.717, 1.165) is 9.09 Å². The minimum absolute atomic E-state index is 0.0674. The van der Waals surface area contributed by atoms with Crippen molar-refractivity contribution >= 4 is 39.9 Å². The minimum atomic E-state index is -0.182. The lowest BCUT2D eigenvalue weighted by molar-refractivity contribution is -0.108. The van der Waals surface area contributed by atoms with E-state index < -0.39 is 0 Å². The molecule has 2 rings (SSSR count). The monoisotopic (exact) mass is 314 g/mol. The highest BCUT2D eigenvalue weighted by Gasteiger charge is 2.03. The van der Waals surface area contributed by atoms with Gasteiger partial charge in [0.05, 0.1) is 17.6 Å². The van der Waals surface area contributed by atoms with Crippen molar-refractivity contribution in [2.24, 2.45) is 0 Å². The molecule has 2 aromatic rings. The molecular formula is C10H7IN2O2. The van der Waals surface area contributed by atoms with Gasteiger partial charge in [0.25, 0.3) is 5.56 Å². The normalized spacial score (nSPS) is 10.5. The first-order chi connectivity index (χ1) is 7.22. The van der Waals surface area contributed by atoms with Crippen LogP contribution in [0.25, 0.3) is 11.0 Å². The van der Waals surface area contributed by atoms with Crippen molar-refractivity contribution in [2.45, 2.75) is 6.54 Å². The summed E-state index contributed by atoms with van der Waals surface area (Å²) in [5.41, 5.74) is 1.23.